The van der Waals surface area contributed by atoms with Gasteiger partial charge in [-0.15, -0.1) is 11.3 Å². The zero-order chi connectivity index (χ0) is 10.5. The Labute approximate surface area is 94.4 Å². The van der Waals surface area contributed by atoms with Crippen molar-refractivity contribution in [3.8, 4) is 0 Å². The summed E-state index contributed by atoms with van der Waals surface area (Å²) in [6, 6.07) is 4.22. The van der Waals surface area contributed by atoms with Crippen LogP contribution in [0.25, 0.3) is 0 Å². The third-order valence-corrected chi connectivity index (χ3v) is 3.41. The van der Waals surface area contributed by atoms with Crippen LogP contribution in [0.1, 0.15) is 17.7 Å². The Morgan fingerprint density at radius 1 is 1.60 bits per heavy atom. The van der Waals surface area contributed by atoms with E-state index in [1.165, 1.54) is 17.7 Å². The van der Waals surface area contributed by atoms with Gasteiger partial charge in [0.2, 0.25) is 0 Å². The van der Waals surface area contributed by atoms with Crippen molar-refractivity contribution in [2.45, 2.75) is 19.3 Å². The molecule has 0 radical (unpaired) electrons. The van der Waals surface area contributed by atoms with Gasteiger partial charge in [0.15, 0.2) is 5.96 Å². The van der Waals surface area contributed by atoms with E-state index in [-0.39, 0.29) is 0 Å². The summed E-state index contributed by atoms with van der Waals surface area (Å²) >= 11 is 1.78. The molecule has 0 unspecified atom stereocenters. The standard InChI is InChI=1S/C11H17N3S/c12-11(14-8-9-3-4-9)13-6-5-10-2-1-7-15-10/h1-2,7,9H,3-6,8H2,(H3,12,13,14). The summed E-state index contributed by atoms with van der Waals surface area (Å²) in [4.78, 5) is 5.68. The number of hydrogen-bond acceptors (Lipinski definition) is 2. The Morgan fingerprint density at radius 2 is 2.47 bits per heavy atom. The van der Waals surface area contributed by atoms with E-state index in [9.17, 15) is 0 Å². The lowest BCUT2D eigenvalue weighted by molar-refractivity contribution is 0.815. The second-order valence-corrected chi connectivity index (χ2v) is 4.96. The summed E-state index contributed by atoms with van der Waals surface area (Å²) in [7, 11) is 0. The van der Waals surface area contributed by atoms with Crippen LogP contribution in [-0.4, -0.2) is 19.0 Å². The van der Waals surface area contributed by atoms with Crippen molar-refractivity contribution in [2.24, 2.45) is 16.6 Å². The van der Waals surface area contributed by atoms with Crippen LogP contribution < -0.4 is 11.1 Å². The van der Waals surface area contributed by atoms with Crippen molar-refractivity contribution in [1.29, 1.82) is 0 Å². The lowest BCUT2D eigenvalue weighted by atomic mass is 10.3. The average molecular weight is 223 g/mol. The molecular formula is C11H17N3S. The van der Waals surface area contributed by atoms with Gasteiger partial charge in [-0.25, -0.2) is 0 Å². The topological polar surface area (TPSA) is 50.4 Å². The molecule has 1 aliphatic carbocycles. The molecule has 0 amide bonds. The monoisotopic (exact) mass is 223 g/mol. The Kier molecular flexibility index (Phi) is 3.61. The predicted molar refractivity (Wildman–Crippen MR) is 65.2 cm³/mol. The number of thiophene rings is 1. The number of aliphatic imine (C=N–C) groups is 1. The van der Waals surface area contributed by atoms with Crippen LogP contribution in [0.2, 0.25) is 0 Å². The molecule has 0 spiro atoms. The van der Waals surface area contributed by atoms with Crippen LogP contribution in [0.15, 0.2) is 22.5 Å². The predicted octanol–water partition coefficient (Wildman–Crippen LogP) is 1.60. The van der Waals surface area contributed by atoms with Crippen molar-refractivity contribution >= 4 is 17.3 Å². The normalized spacial score (nSPS) is 16.7. The van der Waals surface area contributed by atoms with Gasteiger partial charge in [-0.1, -0.05) is 6.07 Å². The maximum Gasteiger partial charge on any atom is 0.188 e. The van der Waals surface area contributed by atoms with Crippen LogP contribution >= 0.6 is 11.3 Å². The second kappa shape index (κ2) is 5.16. The van der Waals surface area contributed by atoms with Crippen molar-refractivity contribution in [3.05, 3.63) is 22.4 Å². The molecule has 15 heavy (non-hydrogen) atoms. The summed E-state index contributed by atoms with van der Waals surface area (Å²) in [6.45, 7) is 1.78. The molecule has 1 aromatic heterocycles. The molecule has 1 heterocycles. The van der Waals surface area contributed by atoms with Gasteiger partial charge < -0.3 is 11.1 Å². The van der Waals surface area contributed by atoms with Gasteiger partial charge in [-0.05, 0) is 36.6 Å². The van der Waals surface area contributed by atoms with Gasteiger partial charge in [-0.3, -0.25) is 4.99 Å². The van der Waals surface area contributed by atoms with Gasteiger partial charge in [0.1, 0.15) is 0 Å². The number of nitrogens with two attached hydrogens (primary N) is 1. The Bertz CT molecular complexity index is 315. The molecule has 3 nitrogen and oxygen atoms in total. The first-order chi connectivity index (χ1) is 7.34. The Hall–Kier alpha value is -1.03. The van der Waals surface area contributed by atoms with E-state index in [1.807, 2.05) is 0 Å². The molecule has 0 aliphatic heterocycles. The van der Waals surface area contributed by atoms with E-state index in [2.05, 4.69) is 27.8 Å². The Balaban J connectivity index is 1.61. The fraction of sp³-hybridized carbons (Fsp3) is 0.545. The van der Waals surface area contributed by atoms with Gasteiger partial charge in [-0.2, -0.15) is 0 Å². The molecular weight excluding hydrogens is 206 g/mol. The minimum absolute atomic E-state index is 0.596. The molecule has 82 valence electrons. The molecule has 1 saturated carbocycles. The highest BCUT2D eigenvalue weighted by Crippen LogP contribution is 2.28. The number of nitrogens with zero attached hydrogens (tertiary/aromatic N) is 1. The summed E-state index contributed by atoms with van der Waals surface area (Å²) < 4.78 is 0. The molecule has 1 aliphatic rings. The second-order valence-electron chi connectivity index (χ2n) is 3.93. The minimum Gasteiger partial charge on any atom is -0.370 e. The van der Waals surface area contributed by atoms with Crippen LogP contribution in [0.4, 0.5) is 0 Å². The fourth-order valence-electron chi connectivity index (χ4n) is 1.35. The molecule has 3 N–H and O–H groups in total. The molecule has 0 saturated heterocycles. The SMILES string of the molecule is NC(=NCC1CC1)NCCc1cccs1. The molecule has 1 aromatic rings. The molecule has 0 aromatic carbocycles. The highest BCUT2D eigenvalue weighted by atomic mass is 32.1. The minimum atomic E-state index is 0.596. The fourth-order valence-corrected chi connectivity index (χ4v) is 2.06. The van der Waals surface area contributed by atoms with Gasteiger partial charge in [0.05, 0.1) is 0 Å². The summed E-state index contributed by atoms with van der Waals surface area (Å²) in [5.41, 5.74) is 5.73. The van der Waals surface area contributed by atoms with E-state index in [4.69, 9.17) is 5.73 Å². The largest absolute Gasteiger partial charge is 0.370 e. The van der Waals surface area contributed by atoms with E-state index in [1.54, 1.807) is 11.3 Å². The zero-order valence-corrected chi connectivity index (χ0v) is 9.59. The van der Waals surface area contributed by atoms with Gasteiger partial charge >= 0.3 is 0 Å². The highest BCUT2D eigenvalue weighted by Gasteiger charge is 2.20. The quantitative estimate of drug-likeness (QED) is 0.588. The number of guanidine groups is 1. The van der Waals surface area contributed by atoms with Crippen LogP contribution in [-0.2, 0) is 6.42 Å². The van der Waals surface area contributed by atoms with E-state index < -0.39 is 0 Å². The van der Waals surface area contributed by atoms with Gasteiger partial charge in [0.25, 0.3) is 0 Å². The average Bonchev–Trinajstić information content (AvgIpc) is 2.92. The Morgan fingerprint density at radius 3 is 3.13 bits per heavy atom. The van der Waals surface area contributed by atoms with Crippen molar-refractivity contribution in [3.63, 3.8) is 0 Å². The van der Waals surface area contributed by atoms with E-state index >= 15 is 0 Å². The molecule has 1 fully saturated rings. The van der Waals surface area contributed by atoms with Crippen LogP contribution in [0.3, 0.4) is 0 Å². The van der Waals surface area contributed by atoms with Crippen molar-refractivity contribution in [2.75, 3.05) is 13.1 Å². The highest BCUT2D eigenvalue weighted by molar-refractivity contribution is 7.09. The first kappa shape index (κ1) is 10.5. The summed E-state index contributed by atoms with van der Waals surface area (Å²) in [6.07, 6.45) is 3.68. The van der Waals surface area contributed by atoms with Crippen molar-refractivity contribution in [1.82, 2.24) is 5.32 Å². The lowest BCUT2D eigenvalue weighted by Gasteiger charge is -2.03. The summed E-state index contributed by atoms with van der Waals surface area (Å²) in [5, 5.41) is 5.24. The van der Waals surface area contributed by atoms with Gasteiger partial charge in [0, 0.05) is 18.0 Å². The van der Waals surface area contributed by atoms with E-state index in [0.29, 0.717) is 5.96 Å². The van der Waals surface area contributed by atoms with E-state index in [0.717, 1.165) is 25.4 Å². The van der Waals surface area contributed by atoms with Crippen molar-refractivity contribution < 1.29 is 0 Å². The van der Waals surface area contributed by atoms with Crippen LogP contribution in [0.5, 0.6) is 0 Å². The lowest BCUT2D eigenvalue weighted by Crippen LogP contribution is -2.33. The summed E-state index contributed by atoms with van der Waals surface area (Å²) in [5.74, 6) is 1.40. The third kappa shape index (κ3) is 3.91. The number of hydrogen-bond donors (Lipinski definition) is 2. The maximum absolute atomic E-state index is 5.73. The smallest absolute Gasteiger partial charge is 0.188 e. The first-order valence-corrected chi connectivity index (χ1v) is 6.29. The number of nitrogens with one attached hydrogen (secondary N) is 1. The number of rotatable bonds is 5. The maximum atomic E-state index is 5.73. The first-order valence-electron chi connectivity index (χ1n) is 5.41. The molecule has 4 heteroatoms. The molecule has 0 bridgehead atoms. The third-order valence-electron chi connectivity index (χ3n) is 2.47. The molecule has 0 atom stereocenters. The molecule has 2 rings (SSSR count). The van der Waals surface area contributed by atoms with Crippen LogP contribution in [0, 0.1) is 5.92 Å². The zero-order valence-electron chi connectivity index (χ0n) is 8.78.